The zero-order valence-electron chi connectivity index (χ0n) is 17.8. The molecule has 0 saturated carbocycles. The highest BCUT2D eigenvalue weighted by molar-refractivity contribution is 6.34. The van der Waals surface area contributed by atoms with Crippen molar-refractivity contribution < 1.29 is 29.4 Å². The van der Waals surface area contributed by atoms with Crippen molar-refractivity contribution >= 4 is 56.5 Å². The van der Waals surface area contributed by atoms with Crippen LogP contribution in [0.4, 0.5) is 11.4 Å². The fourth-order valence-corrected chi connectivity index (χ4v) is 4.31. The summed E-state index contributed by atoms with van der Waals surface area (Å²) < 4.78 is 0. The Balaban J connectivity index is 1.62. The van der Waals surface area contributed by atoms with E-state index >= 15 is 0 Å². The molecule has 1 fully saturated rings. The van der Waals surface area contributed by atoms with Crippen LogP contribution in [0, 0.1) is 0 Å². The first-order valence-corrected chi connectivity index (χ1v) is 10.5. The second kappa shape index (κ2) is 8.00. The summed E-state index contributed by atoms with van der Waals surface area (Å²) in [5.74, 6) is -4.22. The van der Waals surface area contributed by atoms with Crippen LogP contribution in [0.5, 0.6) is 11.5 Å². The third-order valence-electron chi connectivity index (χ3n) is 5.81. The third kappa shape index (κ3) is 3.32. The van der Waals surface area contributed by atoms with Crippen molar-refractivity contribution in [2.24, 2.45) is 0 Å². The predicted molar refractivity (Wildman–Crippen MR) is 125 cm³/mol. The Morgan fingerprint density at radius 2 is 0.853 bits per heavy atom. The number of phenolic OH excluding ortho intramolecular Hbond substituents is 2. The first kappa shape index (κ1) is 21.1. The number of benzene rings is 4. The Morgan fingerprint density at radius 1 is 0.500 bits per heavy atom. The number of anilines is 2. The number of rotatable bonds is 2. The Labute approximate surface area is 193 Å². The number of nitrogens with zero attached hydrogens (tertiary/aromatic N) is 2. The predicted octanol–water partition coefficient (Wildman–Crippen LogP) is 3.62. The van der Waals surface area contributed by atoms with Crippen molar-refractivity contribution in [2.75, 3.05) is 9.80 Å². The summed E-state index contributed by atoms with van der Waals surface area (Å²) in [5.41, 5.74) is -0.148. The normalized spacial score (nSPS) is 15.2. The molecule has 0 atom stereocenters. The second-order valence-corrected chi connectivity index (χ2v) is 7.91. The molecule has 1 heterocycles. The molecule has 8 nitrogen and oxygen atoms in total. The largest absolute Gasteiger partial charge is 0.506 e. The summed E-state index contributed by atoms with van der Waals surface area (Å²) in [6.07, 6.45) is -1.63. The molecule has 5 rings (SSSR count). The van der Waals surface area contributed by atoms with Crippen LogP contribution in [-0.2, 0) is 19.2 Å². The molecule has 0 aliphatic carbocycles. The van der Waals surface area contributed by atoms with Crippen molar-refractivity contribution in [2.45, 2.75) is 12.8 Å². The van der Waals surface area contributed by atoms with Gasteiger partial charge < -0.3 is 10.2 Å². The van der Waals surface area contributed by atoms with Gasteiger partial charge in [0.1, 0.15) is 35.7 Å². The van der Waals surface area contributed by atoms with E-state index in [1.54, 1.807) is 60.7 Å². The molecule has 0 spiro atoms. The van der Waals surface area contributed by atoms with Gasteiger partial charge in [-0.25, -0.2) is 9.80 Å². The van der Waals surface area contributed by atoms with Crippen molar-refractivity contribution in [3.05, 3.63) is 72.8 Å². The van der Waals surface area contributed by atoms with E-state index < -0.39 is 36.5 Å². The minimum Gasteiger partial charge on any atom is -0.506 e. The van der Waals surface area contributed by atoms with Crippen LogP contribution in [0.1, 0.15) is 12.8 Å². The molecule has 0 radical (unpaired) electrons. The molecular formula is C26H18N2O6. The Kier molecular flexibility index (Phi) is 4.98. The average molecular weight is 454 g/mol. The van der Waals surface area contributed by atoms with Gasteiger partial charge >= 0.3 is 0 Å². The number of fused-ring (bicyclic) bond motifs is 2. The van der Waals surface area contributed by atoms with Crippen molar-refractivity contribution in [3.8, 4) is 11.5 Å². The Morgan fingerprint density at radius 3 is 1.24 bits per heavy atom. The van der Waals surface area contributed by atoms with E-state index in [1.165, 1.54) is 12.1 Å². The summed E-state index contributed by atoms with van der Waals surface area (Å²) in [6, 6.07) is 19.6. The molecule has 168 valence electrons. The first-order chi connectivity index (χ1) is 16.4. The highest BCUT2D eigenvalue weighted by atomic mass is 16.3. The fourth-order valence-electron chi connectivity index (χ4n) is 4.31. The van der Waals surface area contributed by atoms with Crippen molar-refractivity contribution in [1.82, 2.24) is 0 Å². The maximum atomic E-state index is 13.2. The minimum atomic E-state index is -0.890. The van der Waals surface area contributed by atoms with Crippen LogP contribution in [0.3, 0.4) is 0 Å². The van der Waals surface area contributed by atoms with E-state index in [1.807, 2.05) is 0 Å². The van der Waals surface area contributed by atoms with Gasteiger partial charge in [0.05, 0.1) is 0 Å². The zero-order chi connectivity index (χ0) is 24.0. The Hall–Kier alpha value is -4.72. The highest BCUT2D eigenvalue weighted by Crippen LogP contribution is 2.39. The molecule has 0 bridgehead atoms. The molecule has 4 aromatic carbocycles. The van der Waals surface area contributed by atoms with E-state index in [-0.39, 0.29) is 22.9 Å². The van der Waals surface area contributed by atoms with Gasteiger partial charge in [-0.1, -0.05) is 60.7 Å². The number of amides is 4. The molecule has 1 aliphatic heterocycles. The van der Waals surface area contributed by atoms with E-state index in [4.69, 9.17) is 0 Å². The molecule has 4 amide bonds. The average Bonchev–Trinajstić information content (AvgIpc) is 2.81. The number of hydrogen-bond acceptors (Lipinski definition) is 6. The lowest BCUT2D eigenvalue weighted by Crippen LogP contribution is -2.49. The lowest BCUT2D eigenvalue weighted by molar-refractivity contribution is -0.134. The smallest absolute Gasteiger partial charge is 0.243 e. The molecule has 0 unspecified atom stereocenters. The van der Waals surface area contributed by atoms with Crippen LogP contribution < -0.4 is 9.80 Å². The molecule has 4 aromatic rings. The number of imide groups is 2. The molecule has 34 heavy (non-hydrogen) atoms. The number of carbonyl (C=O) groups is 4. The van der Waals surface area contributed by atoms with Gasteiger partial charge in [0.25, 0.3) is 0 Å². The summed E-state index contributed by atoms with van der Waals surface area (Å²) >= 11 is 0. The summed E-state index contributed by atoms with van der Waals surface area (Å²) in [7, 11) is 0. The van der Waals surface area contributed by atoms with Crippen molar-refractivity contribution in [1.29, 1.82) is 0 Å². The lowest BCUT2D eigenvalue weighted by atomic mass is 10.0. The Bertz CT molecular complexity index is 1380. The second-order valence-electron chi connectivity index (χ2n) is 7.91. The number of phenols is 2. The molecule has 1 aliphatic rings. The van der Waals surface area contributed by atoms with E-state index in [0.29, 0.717) is 31.3 Å². The summed E-state index contributed by atoms with van der Waals surface area (Å²) in [5, 5.41) is 23.2. The van der Waals surface area contributed by atoms with E-state index in [2.05, 4.69) is 0 Å². The molecule has 2 N–H and O–H groups in total. The van der Waals surface area contributed by atoms with Gasteiger partial charge in [0.15, 0.2) is 0 Å². The molecule has 8 heteroatoms. The monoisotopic (exact) mass is 454 g/mol. The van der Waals surface area contributed by atoms with Crippen LogP contribution in [0.25, 0.3) is 21.5 Å². The topological polar surface area (TPSA) is 115 Å². The van der Waals surface area contributed by atoms with Gasteiger partial charge in [-0.3, -0.25) is 19.2 Å². The van der Waals surface area contributed by atoms with Gasteiger partial charge in [-0.2, -0.15) is 0 Å². The molecule has 0 aromatic heterocycles. The third-order valence-corrected chi connectivity index (χ3v) is 5.81. The van der Waals surface area contributed by atoms with Crippen LogP contribution in [-0.4, -0.2) is 33.8 Å². The summed E-state index contributed by atoms with van der Waals surface area (Å²) in [4.78, 5) is 54.2. The fraction of sp³-hybridized carbons (Fsp3) is 0.0769. The van der Waals surface area contributed by atoms with E-state index in [9.17, 15) is 29.4 Å². The molecule has 1 saturated heterocycles. The minimum absolute atomic E-state index is 0.0739. The van der Waals surface area contributed by atoms with Crippen LogP contribution >= 0.6 is 0 Å². The zero-order valence-corrected chi connectivity index (χ0v) is 17.8. The van der Waals surface area contributed by atoms with Crippen molar-refractivity contribution in [3.63, 3.8) is 0 Å². The van der Waals surface area contributed by atoms with E-state index in [0.717, 1.165) is 0 Å². The molecular weight excluding hydrogens is 436 g/mol. The summed E-state index contributed by atoms with van der Waals surface area (Å²) in [6.45, 7) is 0. The highest BCUT2D eigenvalue weighted by Gasteiger charge is 2.38. The number of hydrogen-bond donors (Lipinski definition) is 2. The maximum absolute atomic E-state index is 13.2. The first-order valence-electron chi connectivity index (χ1n) is 10.5. The van der Waals surface area contributed by atoms with Gasteiger partial charge in [0.2, 0.25) is 23.6 Å². The van der Waals surface area contributed by atoms with Gasteiger partial charge in [-0.05, 0) is 22.9 Å². The van der Waals surface area contributed by atoms with Gasteiger partial charge in [0, 0.05) is 10.8 Å². The standard InChI is InChI=1S/C26H18N2O6/c29-19-11-9-15-5-1-3-7-17(15)25(19)27-21(31)13-23(33)28(24(34)14-22(27)32)26-18-8-4-2-6-16(18)10-12-20(26)30/h1-12,29-30H,13-14H2. The number of carbonyl (C=O) groups excluding carboxylic acids is 4. The lowest BCUT2D eigenvalue weighted by Gasteiger charge is -2.29. The number of aromatic hydroxyl groups is 2. The SMILES string of the molecule is O=C1CC(=O)N(c2c(O)ccc3ccccc23)C(=O)CC(=O)N1c1c(O)ccc2ccccc12. The quantitative estimate of drug-likeness (QED) is 0.353. The van der Waals surface area contributed by atoms with Gasteiger partial charge in [-0.15, -0.1) is 0 Å². The van der Waals surface area contributed by atoms with Crippen LogP contribution in [0.2, 0.25) is 0 Å². The van der Waals surface area contributed by atoms with Crippen LogP contribution in [0.15, 0.2) is 72.8 Å². The maximum Gasteiger partial charge on any atom is 0.243 e.